The van der Waals surface area contributed by atoms with Gasteiger partial charge in [-0.2, -0.15) is 0 Å². The van der Waals surface area contributed by atoms with Crippen LogP contribution < -0.4 is 5.32 Å². The number of hydrogen-bond donors (Lipinski definition) is 1. The summed E-state index contributed by atoms with van der Waals surface area (Å²) < 4.78 is 22.9. The lowest BCUT2D eigenvalue weighted by Crippen LogP contribution is -2.33. The smallest absolute Gasteiger partial charge is 0.157 e. The lowest BCUT2D eigenvalue weighted by molar-refractivity contribution is 0.600. The first kappa shape index (κ1) is 13.9. The highest BCUT2D eigenvalue weighted by molar-refractivity contribution is 8.14. The maximum absolute atomic E-state index is 11.4. The summed E-state index contributed by atoms with van der Waals surface area (Å²) in [6.07, 6.45) is 1.65. The van der Waals surface area contributed by atoms with Crippen LogP contribution in [-0.2, 0) is 16.3 Å². The number of hydrogen-bond acceptors (Lipinski definition) is 5. The van der Waals surface area contributed by atoms with Crippen molar-refractivity contribution in [1.29, 1.82) is 0 Å². The van der Waals surface area contributed by atoms with Gasteiger partial charge in [0.25, 0.3) is 0 Å². The van der Waals surface area contributed by atoms with Gasteiger partial charge in [-0.3, -0.25) is 4.99 Å². The molecule has 0 amide bonds. The van der Waals surface area contributed by atoms with E-state index in [0.717, 1.165) is 17.3 Å². The molecule has 2 atom stereocenters. The summed E-state index contributed by atoms with van der Waals surface area (Å²) in [4.78, 5) is 4.67. The first-order chi connectivity index (χ1) is 9.61. The number of aliphatic imine (C=N–C) groups is 1. The highest BCUT2D eigenvalue weighted by Crippen LogP contribution is 2.21. The number of thioether (sulfide) groups is 1. The van der Waals surface area contributed by atoms with E-state index in [9.17, 15) is 8.42 Å². The Morgan fingerprint density at radius 3 is 2.80 bits per heavy atom. The molecule has 0 bridgehead atoms. The molecule has 0 aliphatic carbocycles. The Kier molecular flexibility index (Phi) is 4.03. The zero-order valence-corrected chi connectivity index (χ0v) is 12.8. The minimum Gasteiger partial charge on any atom is -0.361 e. The van der Waals surface area contributed by atoms with E-state index in [1.165, 1.54) is 5.56 Å². The zero-order valence-electron chi connectivity index (χ0n) is 11.2. The summed E-state index contributed by atoms with van der Waals surface area (Å²) in [6, 6.07) is 10.7. The number of nitrogens with zero attached hydrogens (tertiary/aromatic N) is 1. The van der Waals surface area contributed by atoms with Crippen LogP contribution in [0.1, 0.15) is 12.0 Å². The number of rotatable bonds is 3. The van der Waals surface area contributed by atoms with Gasteiger partial charge in [-0.1, -0.05) is 42.1 Å². The Bertz CT molecular complexity index is 599. The van der Waals surface area contributed by atoms with Gasteiger partial charge in [-0.05, 0) is 18.4 Å². The molecule has 20 heavy (non-hydrogen) atoms. The fourth-order valence-corrected chi connectivity index (χ4v) is 5.26. The second-order valence-electron chi connectivity index (χ2n) is 5.33. The lowest BCUT2D eigenvalue weighted by Gasteiger charge is -2.10. The van der Waals surface area contributed by atoms with Crippen LogP contribution in [0.5, 0.6) is 0 Å². The van der Waals surface area contributed by atoms with E-state index < -0.39 is 9.84 Å². The van der Waals surface area contributed by atoms with E-state index in [-0.39, 0.29) is 11.8 Å². The summed E-state index contributed by atoms with van der Waals surface area (Å²) in [5.74, 6) is 1.52. The van der Waals surface area contributed by atoms with Gasteiger partial charge in [0, 0.05) is 11.8 Å². The van der Waals surface area contributed by atoms with E-state index in [0.29, 0.717) is 18.2 Å². The molecule has 2 unspecified atom stereocenters. The Hall–Kier alpha value is -1.01. The van der Waals surface area contributed by atoms with E-state index in [1.54, 1.807) is 11.8 Å². The third kappa shape index (κ3) is 3.55. The molecular formula is C14H18N2O2S2. The Balaban J connectivity index is 1.56. The van der Waals surface area contributed by atoms with Gasteiger partial charge in [0.2, 0.25) is 0 Å². The van der Waals surface area contributed by atoms with Crippen LogP contribution in [0.4, 0.5) is 0 Å². The van der Waals surface area contributed by atoms with Gasteiger partial charge in [-0.25, -0.2) is 8.42 Å². The zero-order chi connectivity index (χ0) is 14.0. The molecule has 0 aromatic heterocycles. The van der Waals surface area contributed by atoms with Crippen LogP contribution in [0.15, 0.2) is 35.3 Å². The van der Waals surface area contributed by atoms with Crippen molar-refractivity contribution in [2.24, 2.45) is 4.99 Å². The van der Waals surface area contributed by atoms with Gasteiger partial charge in [0.1, 0.15) is 0 Å². The molecule has 2 aliphatic heterocycles. The standard InChI is InChI=1S/C14H18N2O2S2/c17-20(18)7-6-12(10-20)15-14-16-13(9-19-14)8-11-4-2-1-3-5-11/h1-5,12-13H,6-10H2,(H,15,16). The molecule has 1 aromatic carbocycles. The fraction of sp³-hybridized carbons (Fsp3) is 0.500. The quantitative estimate of drug-likeness (QED) is 0.919. The van der Waals surface area contributed by atoms with Gasteiger partial charge < -0.3 is 5.32 Å². The molecule has 1 saturated heterocycles. The Labute approximate surface area is 124 Å². The molecule has 1 fully saturated rings. The average molecular weight is 310 g/mol. The normalized spacial score (nSPS) is 28.3. The van der Waals surface area contributed by atoms with Gasteiger partial charge in [-0.15, -0.1) is 0 Å². The summed E-state index contributed by atoms with van der Waals surface area (Å²) in [6.45, 7) is 0. The molecular weight excluding hydrogens is 292 g/mol. The fourth-order valence-electron chi connectivity index (χ4n) is 2.57. The molecule has 2 heterocycles. The van der Waals surface area contributed by atoms with Gasteiger partial charge in [0.15, 0.2) is 15.0 Å². The molecule has 0 radical (unpaired) electrons. The van der Waals surface area contributed by atoms with Crippen LogP contribution in [0.3, 0.4) is 0 Å². The molecule has 1 aromatic rings. The van der Waals surface area contributed by atoms with E-state index >= 15 is 0 Å². The third-order valence-corrected chi connectivity index (χ3v) is 6.40. The summed E-state index contributed by atoms with van der Waals surface area (Å²) >= 11 is 1.70. The van der Waals surface area contributed by atoms with E-state index in [2.05, 4.69) is 22.4 Å². The van der Waals surface area contributed by atoms with Gasteiger partial charge >= 0.3 is 0 Å². The van der Waals surface area contributed by atoms with Crippen molar-refractivity contribution >= 4 is 26.8 Å². The summed E-state index contributed by atoms with van der Waals surface area (Å²) in [5, 5.41) is 4.19. The lowest BCUT2D eigenvalue weighted by atomic mass is 10.1. The molecule has 6 heteroatoms. The first-order valence-electron chi connectivity index (χ1n) is 6.82. The molecule has 1 N–H and O–H groups in total. The van der Waals surface area contributed by atoms with Crippen molar-refractivity contribution in [1.82, 2.24) is 5.32 Å². The van der Waals surface area contributed by atoms with Crippen LogP contribution >= 0.6 is 11.8 Å². The molecule has 0 spiro atoms. The predicted octanol–water partition coefficient (Wildman–Crippen LogP) is 1.48. The number of sulfone groups is 1. The predicted molar refractivity (Wildman–Crippen MR) is 84.0 cm³/mol. The monoisotopic (exact) mass is 310 g/mol. The van der Waals surface area contributed by atoms with Gasteiger partial charge in [0.05, 0.1) is 17.5 Å². The van der Waals surface area contributed by atoms with Crippen molar-refractivity contribution in [3.05, 3.63) is 35.9 Å². The van der Waals surface area contributed by atoms with Crippen molar-refractivity contribution in [3.63, 3.8) is 0 Å². The third-order valence-electron chi connectivity index (χ3n) is 3.59. The van der Waals surface area contributed by atoms with Crippen LogP contribution in [0.2, 0.25) is 0 Å². The largest absolute Gasteiger partial charge is 0.361 e. The highest BCUT2D eigenvalue weighted by Gasteiger charge is 2.29. The Morgan fingerprint density at radius 2 is 2.10 bits per heavy atom. The molecule has 4 nitrogen and oxygen atoms in total. The first-order valence-corrected chi connectivity index (χ1v) is 9.63. The number of nitrogens with one attached hydrogen (secondary N) is 1. The van der Waals surface area contributed by atoms with Crippen molar-refractivity contribution in [3.8, 4) is 0 Å². The van der Waals surface area contributed by atoms with Crippen molar-refractivity contribution < 1.29 is 8.42 Å². The van der Waals surface area contributed by atoms with Crippen molar-refractivity contribution in [2.75, 3.05) is 17.3 Å². The highest BCUT2D eigenvalue weighted by atomic mass is 32.2. The van der Waals surface area contributed by atoms with Crippen LogP contribution in [0.25, 0.3) is 0 Å². The number of amidine groups is 1. The SMILES string of the molecule is O=S1(=O)CCC(NC2=NC(Cc3ccccc3)CS2)C1. The second-order valence-corrected chi connectivity index (χ2v) is 8.57. The second kappa shape index (κ2) is 5.77. The molecule has 0 saturated carbocycles. The van der Waals surface area contributed by atoms with E-state index in [1.807, 2.05) is 18.2 Å². The summed E-state index contributed by atoms with van der Waals surface area (Å²) in [5.41, 5.74) is 1.30. The minimum atomic E-state index is -2.83. The number of benzene rings is 1. The molecule has 108 valence electrons. The maximum atomic E-state index is 11.4. The summed E-state index contributed by atoms with van der Waals surface area (Å²) in [7, 11) is -2.83. The average Bonchev–Trinajstić information content (AvgIpc) is 2.98. The van der Waals surface area contributed by atoms with Crippen LogP contribution in [-0.4, -0.2) is 42.9 Å². The van der Waals surface area contributed by atoms with Crippen LogP contribution in [0, 0.1) is 0 Å². The maximum Gasteiger partial charge on any atom is 0.157 e. The molecule has 3 rings (SSSR count). The molecule has 2 aliphatic rings. The van der Waals surface area contributed by atoms with E-state index in [4.69, 9.17) is 0 Å². The topological polar surface area (TPSA) is 58.5 Å². The Morgan fingerprint density at radius 1 is 1.30 bits per heavy atom. The minimum absolute atomic E-state index is 0.0433. The van der Waals surface area contributed by atoms with Crippen molar-refractivity contribution in [2.45, 2.75) is 24.9 Å².